The molecule has 4 rings (SSSR count). The lowest BCUT2D eigenvalue weighted by Gasteiger charge is -2.34. The van der Waals surface area contributed by atoms with E-state index >= 15 is 0 Å². The second-order valence-corrected chi connectivity index (χ2v) is 6.69. The molecule has 2 aromatic carbocycles. The van der Waals surface area contributed by atoms with Gasteiger partial charge in [-0.1, -0.05) is 29.4 Å². The molecule has 0 aliphatic carbocycles. The molecule has 0 spiro atoms. The van der Waals surface area contributed by atoms with Gasteiger partial charge in [-0.05, 0) is 30.5 Å². The van der Waals surface area contributed by atoms with Gasteiger partial charge < -0.3 is 14.7 Å². The number of rotatable bonds is 5. The third-order valence-corrected chi connectivity index (χ3v) is 4.93. The highest BCUT2D eigenvalue weighted by Crippen LogP contribution is 2.22. The summed E-state index contributed by atoms with van der Waals surface area (Å²) in [5, 5.41) is 7.40. The minimum Gasteiger partial charge on any atom is -0.371 e. The highest BCUT2D eigenvalue weighted by molar-refractivity contribution is 5.54. The molecule has 3 aromatic rings. The van der Waals surface area contributed by atoms with Crippen molar-refractivity contribution in [1.29, 1.82) is 0 Å². The quantitative estimate of drug-likeness (QED) is 0.741. The van der Waals surface area contributed by atoms with Gasteiger partial charge >= 0.3 is 0 Å². The lowest BCUT2D eigenvalue weighted by atomic mass is 10.0. The minimum absolute atomic E-state index is 0.406. The molecule has 1 fully saturated rings. The smallest absolute Gasteiger partial charge is 0.214 e. The van der Waals surface area contributed by atoms with Gasteiger partial charge in [0.15, 0.2) is 11.6 Å². The topological polar surface area (TPSA) is 54.2 Å². The molecule has 1 aliphatic heterocycles. The fourth-order valence-electron chi connectivity index (χ4n) is 3.36. The SMILES string of the molecule is Fc1ccc(N2CCC(NCc3ccc(-c4ncon4)cc3)CC2)cc1F. The van der Waals surface area contributed by atoms with E-state index in [1.807, 2.05) is 12.1 Å². The molecule has 1 N–H and O–H groups in total. The maximum atomic E-state index is 13.4. The predicted octanol–water partition coefficient (Wildman–Crippen LogP) is 3.77. The van der Waals surface area contributed by atoms with E-state index in [1.54, 1.807) is 6.07 Å². The Morgan fingerprint density at radius 2 is 1.81 bits per heavy atom. The van der Waals surface area contributed by atoms with Crippen molar-refractivity contribution in [2.24, 2.45) is 0 Å². The highest BCUT2D eigenvalue weighted by Gasteiger charge is 2.20. The number of halogens is 2. The fraction of sp³-hybridized carbons (Fsp3) is 0.300. The van der Waals surface area contributed by atoms with Crippen molar-refractivity contribution in [2.45, 2.75) is 25.4 Å². The Balaban J connectivity index is 1.27. The van der Waals surface area contributed by atoms with Crippen LogP contribution in [0.1, 0.15) is 18.4 Å². The summed E-state index contributed by atoms with van der Waals surface area (Å²) in [7, 11) is 0. The van der Waals surface area contributed by atoms with Gasteiger partial charge in [-0.25, -0.2) is 8.78 Å². The Morgan fingerprint density at radius 3 is 2.48 bits per heavy atom. The van der Waals surface area contributed by atoms with E-state index in [9.17, 15) is 8.78 Å². The van der Waals surface area contributed by atoms with E-state index in [0.29, 0.717) is 11.9 Å². The van der Waals surface area contributed by atoms with Crippen LogP contribution in [0, 0.1) is 11.6 Å². The molecule has 7 heteroatoms. The Hall–Kier alpha value is -2.80. The molecule has 0 saturated carbocycles. The van der Waals surface area contributed by atoms with Gasteiger partial charge in [-0.3, -0.25) is 0 Å². The number of aromatic nitrogens is 2. The van der Waals surface area contributed by atoms with Crippen LogP contribution in [0.25, 0.3) is 11.4 Å². The summed E-state index contributed by atoms with van der Waals surface area (Å²) >= 11 is 0. The second-order valence-electron chi connectivity index (χ2n) is 6.69. The molecule has 0 atom stereocenters. The zero-order chi connectivity index (χ0) is 18.6. The predicted molar refractivity (Wildman–Crippen MR) is 98.2 cm³/mol. The van der Waals surface area contributed by atoms with Gasteiger partial charge in [0, 0.05) is 43.0 Å². The van der Waals surface area contributed by atoms with Crippen molar-refractivity contribution < 1.29 is 13.3 Å². The van der Waals surface area contributed by atoms with Gasteiger partial charge in [-0.15, -0.1) is 0 Å². The summed E-state index contributed by atoms with van der Waals surface area (Å²) in [4.78, 5) is 6.13. The average molecular weight is 370 g/mol. The highest BCUT2D eigenvalue weighted by atomic mass is 19.2. The summed E-state index contributed by atoms with van der Waals surface area (Å²) in [6.07, 6.45) is 3.23. The van der Waals surface area contributed by atoms with Crippen molar-refractivity contribution in [1.82, 2.24) is 15.5 Å². The molecule has 0 bridgehead atoms. The van der Waals surface area contributed by atoms with E-state index in [0.717, 1.165) is 43.7 Å². The van der Waals surface area contributed by atoms with Crippen molar-refractivity contribution in [2.75, 3.05) is 18.0 Å². The summed E-state index contributed by atoms with van der Waals surface area (Å²) in [6, 6.07) is 12.6. The molecule has 27 heavy (non-hydrogen) atoms. The van der Waals surface area contributed by atoms with Crippen LogP contribution in [-0.2, 0) is 6.54 Å². The van der Waals surface area contributed by atoms with Gasteiger partial charge in [0.1, 0.15) is 0 Å². The van der Waals surface area contributed by atoms with E-state index in [2.05, 4.69) is 32.5 Å². The fourth-order valence-corrected chi connectivity index (χ4v) is 3.36. The number of hydrogen-bond acceptors (Lipinski definition) is 5. The third-order valence-electron chi connectivity index (χ3n) is 4.93. The summed E-state index contributed by atoms with van der Waals surface area (Å²) in [5.74, 6) is -1.02. The molecule has 5 nitrogen and oxygen atoms in total. The molecular weight excluding hydrogens is 350 g/mol. The molecule has 1 aromatic heterocycles. The zero-order valence-corrected chi connectivity index (χ0v) is 14.7. The van der Waals surface area contributed by atoms with Crippen LogP contribution in [0.4, 0.5) is 14.5 Å². The minimum atomic E-state index is -0.805. The first-order valence-electron chi connectivity index (χ1n) is 8.98. The monoisotopic (exact) mass is 370 g/mol. The lowest BCUT2D eigenvalue weighted by Crippen LogP contribution is -2.42. The lowest BCUT2D eigenvalue weighted by molar-refractivity contribution is 0.413. The molecule has 0 unspecified atom stereocenters. The van der Waals surface area contributed by atoms with Crippen LogP contribution in [0.3, 0.4) is 0 Å². The largest absolute Gasteiger partial charge is 0.371 e. The number of anilines is 1. The van der Waals surface area contributed by atoms with E-state index in [-0.39, 0.29) is 0 Å². The molecule has 0 amide bonds. The summed E-state index contributed by atoms with van der Waals surface area (Å²) in [5.41, 5.74) is 2.85. The molecule has 1 saturated heterocycles. The number of piperidine rings is 1. The third kappa shape index (κ3) is 4.14. The summed E-state index contributed by atoms with van der Waals surface area (Å²) < 4.78 is 31.3. The first kappa shape index (κ1) is 17.6. The Kier molecular flexibility index (Phi) is 5.11. The van der Waals surface area contributed by atoms with Gasteiger partial charge in [-0.2, -0.15) is 4.98 Å². The first-order valence-corrected chi connectivity index (χ1v) is 8.98. The maximum Gasteiger partial charge on any atom is 0.214 e. The second kappa shape index (κ2) is 7.84. The van der Waals surface area contributed by atoms with E-state index < -0.39 is 11.6 Å². The van der Waals surface area contributed by atoms with Gasteiger partial charge in [0.2, 0.25) is 12.2 Å². The molecule has 1 aliphatic rings. The Bertz CT molecular complexity index is 876. The van der Waals surface area contributed by atoms with Crippen LogP contribution in [0.2, 0.25) is 0 Å². The van der Waals surface area contributed by atoms with Crippen molar-refractivity contribution >= 4 is 5.69 Å². The van der Waals surface area contributed by atoms with Gasteiger partial charge in [0.25, 0.3) is 0 Å². The van der Waals surface area contributed by atoms with Crippen LogP contribution < -0.4 is 10.2 Å². The number of hydrogen-bond donors (Lipinski definition) is 1. The van der Waals surface area contributed by atoms with Crippen molar-refractivity contribution in [3.05, 3.63) is 66.1 Å². The standard InChI is InChI=1S/C20H20F2N4O/c21-18-6-5-17(11-19(18)22)26-9-7-16(8-10-26)23-12-14-1-3-15(4-2-14)20-24-13-27-25-20/h1-6,11,13,16,23H,7-10,12H2. The van der Waals surface area contributed by atoms with Crippen LogP contribution in [0.5, 0.6) is 0 Å². The van der Waals surface area contributed by atoms with Gasteiger partial charge in [0.05, 0.1) is 0 Å². The first-order chi connectivity index (χ1) is 13.2. The maximum absolute atomic E-state index is 13.4. The van der Waals surface area contributed by atoms with Crippen LogP contribution >= 0.6 is 0 Å². The number of benzene rings is 2. The summed E-state index contributed by atoms with van der Waals surface area (Å²) in [6.45, 7) is 2.42. The van der Waals surface area contributed by atoms with Crippen molar-refractivity contribution in [3.8, 4) is 11.4 Å². The van der Waals surface area contributed by atoms with Crippen LogP contribution in [-0.4, -0.2) is 29.3 Å². The molecule has 2 heterocycles. The Labute approximate surface area is 156 Å². The van der Waals surface area contributed by atoms with Crippen molar-refractivity contribution in [3.63, 3.8) is 0 Å². The normalized spacial score (nSPS) is 15.3. The molecular formula is C20H20F2N4O. The molecule has 140 valence electrons. The zero-order valence-electron chi connectivity index (χ0n) is 14.7. The molecule has 0 radical (unpaired) electrons. The van der Waals surface area contributed by atoms with E-state index in [1.165, 1.54) is 24.1 Å². The number of nitrogens with one attached hydrogen (secondary N) is 1. The average Bonchev–Trinajstić information content (AvgIpc) is 3.24. The van der Waals surface area contributed by atoms with E-state index in [4.69, 9.17) is 4.52 Å². The Morgan fingerprint density at radius 1 is 1.04 bits per heavy atom. The number of nitrogens with zero attached hydrogens (tertiary/aromatic N) is 3. The van der Waals surface area contributed by atoms with Crippen LogP contribution in [0.15, 0.2) is 53.4 Å².